The molecule has 6 heteroatoms. The van der Waals surface area contributed by atoms with E-state index < -0.39 is 11.9 Å². The Bertz CT molecular complexity index is 1210. The summed E-state index contributed by atoms with van der Waals surface area (Å²) in [5.41, 5.74) is 4.19. The van der Waals surface area contributed by atoms with Crippen LogP contribution in [0.15, 0.2) is 71.1 Å². The molecule has 35 heavy (non-hydrogen) atoms. The average Bonchev–Trinajstić information content (AvgIpc) is 3.36. The fourth-order valence-electron chi connectivity index (χ4n) is 5.74. The molecule has 182 valence electrons. The lowest BCUT2D eigenvalue weighted by Crippen LogP contribution is -2.36. The number of methoxy groups -OCH3 is 1. The van der Waals surface area contributed by atoms with Gasteiger partial charge in [-0.25, -0.2) is 9.18 Å². The number of allylic oxidation sites excluding steroid dienone is 3. The van der Waals surface area contributed by atoms with Gasteiger partial charge in [0.15, 0.2) is 5.78 Å². The summed E-state index contributed by atoms with van der Waals surface area (Å²) in [6, 6.07) is 13.8. The quantitative estimate of drug-likeness (QED) is 0.564. The van der Waals surface area contributed by atoms with Crippen LogP contribution in [0.2, 0.25) is 0 Å². The standard InChI is InChI=1S/C29H30FNO4/c1-17-26(29(33)35-21-7-3-4-8-21)27(18-11-13-20(30)14-12-18)28-23(31-17)15-19(16-24(28)32)22-9-5-6-10-25(22)34-2/h5-6,9-14,19,21,27,31H,3-4,7-8,15-16H2,1-2H3/t19-,27-/m0/s1. The number of dihydropyridines is 1. The molecule has 0 unspecified atom stereocenters. The zero-order valence-electron chi connectivity index (χ0n) is 20.1. The molecule has 0 radical (unpaired) electrons. The first kappa shape index (κ1) is 23.3. The number of rotatable bonds is 5. The van der Waals surface area contributed by atoms with Crippen LogP contribution in [0.4, 0.5) is 4.39 Å². The molecular weight excluding hydrogens is 445 g/mol. The SMILES string of the molecule is COc1ccccc1[C@@H]1CC(=O)C2=C(C1)NC(C)=C(C(=O)OC1CCCC1)[C@@H]2c1ccc(F)cc1. The molecule has 0 saturated heterocycles. The minimum Gasteiger partial charge on any atom is -0.496 e. The molecule has 0 bridgehead atoms. The zero-order chi connectivity index (χ0) is 24.5. The third-order valence-corrected chi connectivity index (χ3v) is 7.41. The van der Waals surface area contributed by atoms with Crippen LogP contribution in [0.3, 0.4) is 0 Å². The van der Waals surface area contributed by atoms with E-state index in [2.05, 4.69) is 5.32 Å². The second-order valence-corrected chi connectivity index (χ2v) is 9.62. The summed E-state index contributed by atoms with van der Waals surface area (Å²) in [4.78, 5) is 27.1. The third kappa shape index (κ3) is 4.49. The van der Waals surface area contributed by atoms with E-state index in [1.54, 1.807) is 19.2 Å². The number of carbonyl (C=O) groups is 2. The van der Waals surface area contributed by atoms with Gasteiger partial charge in [-0.1, -0.05) is 30.3 Å². The molecule has 5 rings (SSSR count). The topological polar surface area (TPSA) is 64.6 Å². The van der Waals surface area contributed by atoms with E-state index in [1.807, 2.05) is 31.2 Å². The van der Waals surface area contributed by atoms with E-state index in [1.165, 1.54) is 12.1 Å². The lowest BCUT2D eigenvalue weighted by Gasteiger charge is -2.37. The number of esters is 1. The van der Waals surface area contributed by atoms with Crippen molar-refractivity contribution in [1.29, 1.82) is 0 Å². The molecule has 1 heterocycles. The summed E-state index contributed by atoms with van der Waals surface area (Å²) in [5, 5.41) is 3.38. The Balaban J connectivity index is 1.54. The fourth-order valence-corrected chi connectivity index (χ4v) is 5.74. The molecule has 5 nitrogen and oxygen atoms in total. The van der Waals surface area contributed by atoms with E-state index in [0.29, 0.717) is 35.2 Å². The Labute approximate surface area is 205 Å². The largest absolute Gasteiger partial charge is 0.496 e. The fraction of sp³-hybridized carbons (Fsp3) is 0.379. The van der Waals surface area contributed by atoms with Crippen LogP contribution < -0.4 is 10.1 Å². The number of hydrogen-bond acceptors (Lipinski definition) is 5. The van der Waals surface area contributed by atoms with Crippen LogP contribution in [-0.2, 0) is 14.3 Å². The molecule has 3 aliphatic rings. The lowest BCUT2D eigenvalue weighted by atomic mass is 9.71. The minimum absolute atomic E-state index is 0.0253. The molecule has 1 aliphatic heterocycles. The molecular formula is C29H30FNO4. The van der Waals surface area contributed by atoms with Crippen molar-refractivity contribution < 1.29 is 23.5 Å². The van der Waals surface area contributed by atoms with Gasteiger partial charge >= 0.3 is 5.97 Å². The van der Waals surface area contributed by atoms with Crippen LogP contribution in [0.1, 0.15) is 68.4 Å². The average molecular weight is 476 g/mol. The predicted octanol–water partition coefficient (Wildman–Crippen LogP) is 5.68. The van der Waals surface area contributed by atoms with Crippen LogP contribution in [0, 0.1) is 5.82 Å². The summed E-state index contributed by atoms with van der Waals surface area (Å²) < 4.78 is 25.2. The number of hydrogen-bond donors (Lipinski definition) is 1. The number of ether oxygens (including phenoxy) is 2. The number of carbonyl (C=O) groups excluding carboxylic acids is 2. The van der Waals surface area contributed by atoms with Crippen molar-refractivity contribution in [2.24, 2.45) is 0 Å². The third-order valence-electron chi connectivity index (χ3n) is 7.41. The van der Waals surface area contributed by atoms with Gasteiger partial charge in [0, 0.05) is 35.2 Å². The van der Waals surface area contributed by atoms with Crippen molar-refractivity contribution >= 4 is 11.8 Å². The highest BCUT2D eigenvalue weighted by Crippen LogP contribution is 2.47. The van der Waals surface area contributed by atoms with Crippen molar-refractivity contribution in [1.82, 2.24) is 5.32 Å². The predicted molar refractivity (Wildman–Crippen MR) is 130 cm³/mol. The molecule has 1 fully saturated rings. The van der Waals surface area contributed by atoms with Gasteiger partial charge in [-0.05, 0) is 68.4 Å². The maximum absolute atomic E-state index is 13.8. The van der Waals surface area contributed by atoms with Gasteiger partial charge in [0.1, 0.15) is 17.7 Å². The van der Waals surface area contributed by atoms with Gasteiger partial charge in [0.05, 0.1) is 12.7 Å². The Morgan fingerprint density at radius 2 is 1.74 bits per heavy atom. The maximum atomic E-state index is 13.8. The molecule has 2 aliphatic carbocycles. The molecule has 1 saturated carbocycles. The number of para-hydroxylation sites is 1. The number of nitrogens with one attached hydrogen (secondary N) is 1. The van der Waals surface area contributed by atoms with Gasteiger partial charge in [0.2, 0.25) is 0 Å². The molecule has 1 N–H and O–H groups in total. The first-order chi connectivity index (χ1) is 17.0. The highest BCUT2D eigenvalue weighted by molar-refractivity contribution is 6.04. The lowest BCUT2D eigenvalue weighted by molar-refractivity contribution is -0.144. The van der Waals surface area contributed by atoms with Crippen LogP contribution in [0.5, 0.6) is 5.75 Å². The minimum atomic E-state index is -0.591. The monoisotopic (exact) mass is 475 g/mol. The smallest absolute Gasteiger partial charge is 0.337 e. The second-order valence-electron chi connectivity index (χ2n) is 9.62. The summed E-state index contributed by atoms with van der Waals surface area (Å²) >= 11 is 0. The molecule has 0 spiro atoms. The molecule has 2 aromatic rings. The highest BCUT2D eigenvalue weighted by atomic mass is 19.1. The molecule has 0 aromatic heterocycles. The van der Waals surface area contributed by atoms with Gasteiger partial charge in [-0.15, -0.1) is 0 Å². The van der Waals surface area contributed by atoms with Crippen LogP contribution in [0.25, 0.3) is 0 Å². The Morgan fingerprint density at radius 3 is 2.46 bits per heavy atom. The van der Waals surface area contributed by atoms with E-state index in [4.69, 9.17) is 9.47 Å². The molecule has 2 atom stereocenters. The van der Waals surface area contributed by atoms with Crippen molar-refractivity contribution in [3.05, 3.63) is 88.0 Å². The van der Waals surface area contributed by atoms with Crippen molar-refractivity contribution in [3.63, 3.8) is 0 Å². The van der Waals surface area contributed by atoms with Crippen molar-refractivity contribution in [3.8, 4) is 5.75 Å². The van der Waals surface area contributed by atoms with E-state index in [-0.39, 0.29) is 23.6 Å². The van der Waals surface area contributed by atoms with Gasteiger partial charge in [-0.3, -0.25) is 4.79 Å². The Hall–Kier alpha value is -3.41. The van der Waals surface area contributed by atoms with Crippen LogP contribution in [-0.4, -0.2) is 25.0 Å². The van der Waals surface area contributed by atoms with E-state index in [9.17, 15) is 14.0 Å². The number of halogens is 1. The summed E-state index contributed by atoms with van der Waals surface area (Å²) in [5.74, 6) is -0.664. The van der Waals surface area contributed by atoms with E-state index >= 15 is 0 Å². The Kier molecular flexibility index (Phi) is 6.46. The number of Topliss-reactive ketones (excluding diaryl/α,β-unsaturated/α-hetero) is 1. The maximum Gasteiger partial charge on any atom is 0.337 e. The van der Waals surface area contributed by atoms with Crippen molar-refractivity contribution in [2.75, 3.05) is 7.11 Å². The second kappa shape index (κ2) is 9.68. The zero-order valence-corrected chi connectivity index (χ0v) is 20.1. The van der Waals surface area contributed by atoms with Gasteiger partial charge < -0.3 is 14.8 Å². The van der Waals surface area contributed by atoms with Gasteiger partial charge in [-0.2, -0.15) is 0 Å². The first-order valence-electron chi connectivity index (χ1n) is 12.3. The van der Waals surface area contributed by atoms with Crippen molar-refractivity contribution in [2.45, 2.75) is 63.4 Å². The summed E-state index contributed by atoms with van der Waals surface area (Å²) in [6.45, 7) is 1.85. The van der Waals surface area contributed by atoms with Crippen LogP contribution >= 0.6 is 0 Å². The summed E-state index contributed by atoms with van der Waals surface area (Å²) in [6.07, 6.45) is 4.65. The normalized spacial score (nSPS) is 22.7. The first-order valence-corrected chi connectivity index (χ1v) is 12.3. The number of ketones is 1. The summed E-state index contributed by atoms with van der Waals surface area (Å²) in [7, 11) is 1.63. The Morgan fingerprint density at radius 1 is 1.03 bits per heavy atom. The molecule has 0 amide bonds. The van der Waals surface area contributed by atoms with E-state index in [0.717, 1.165) is 42.7 Å². The van der Waals surface area contributed by atoms with Gasteiger partial charge in [0.25, 0.3) is 0 Å². The molecule has 2 aromatic carbocycles. The number of benzene rings is 2. The highest BCUT2D eigenvalue weighted by Gasteiger charge is 2.42.